The quantitative estimate of drug-likeness (QED) is 0.0903. The van der Waals surface area contributed by atoms with E-state index in [0.717, 1.165) is 11.6 Å². The van der Waals surface area contributed by atoms with E-state index in [4.69, 9.17) is 21.6 Å². The average Bonchev–Trinajstić information content (AvgIpc) is 3.39. The summed E-state index contributed by atoms with van der Waals surface area (Å²) in [6.45, 7) is 2.82. The number of nitrogens with one attached hydrogen (secondary N) is 3. The predicted molar refractivity (Wildman–Crippen MR) is 162 cm³/mol. The fourth-order valence-electron chi connectivity index (χ4n) is 5.41. The van der Waals surface area contributed by atoms with E-state index in [0.29, 0.717) is 62.0 Å². The lowest BCUT2D eigenvalue weighted by Crippen LogP contribution is -2.44. The molecule has 1 aliphatic rings. The highest BCUT2D eigenvalue weighted by molar-refractivity contribution is 5.83. The van der Waals surface area contributed by atoms with Gasteiger partial charge in [0.1, 0.15) is 5.65 Å². The van der Waals surface area contributed by atoms with Crippen LogP contribution in [-0.4, -0.2) is 52.0 Å². The molecule has 4 aromatic rings. The Labute approximate surface area is 256 Å². The third-order valence-electron chi connectivity index (χ3n) is 7.62. The van der Waals surface area contributed by atoms with Gasteiger partial charge in [0.2, 0.25) is 0 Å². The maximum absolute atomic E-state index is 15.4. The molecule has 0 aliphatic carbocycles. The Balaban J connectivity index is 1.42. The zero-order valence-electron chi connectivity index (χ0n) is 24.6. The third-order valence-corrected chi connectivity index (χ3v) is 7.62. The van der Waals surface area contributed by atoms with Gasteiger partial charge in [-0.15, -0.1) is 13.2 Å². The van der Waals surface area contributed by atoms with Crippen molar-refractivity contribution >= 4 is 16.9 Å². The molecule has 0 spiro atoms. The van der Waals surface area contributed by atoms with Crippen LogP contribution < -0.4 is 27.2 Å². The van der Waals surface area contributed by atoms with E-state index in [1.807, 2.05) is 19.1 Å². The van der Waals surface area contributed by atoms with Crippen LogP contribution in [0.15, 0.2) is 53.5 Å². The van der Waals surface area contributed by atoms with Gasteiger partial charge in [0.15, 0.2) is 11.6 Å². The largest absolute Gasteiger partial charge is 0.573 e. The number of alkyl halides is 3. The first-order chi connectivity index (χ1) is 21.4. The first-order valence-corrected chi connectivity index (χ1v) is 14.6. The van der Waals surface area contributed by atoms with Crippen LogP contribution in [0.5, 0.6) is 5.75 Å². The van der Waals surface area contributed by atoms with Gasteiger partial charge in [0, 0.05) is 35.7 Å². The summed E-state index contributed by atoms with van der Waals surface area (Å²) in [5, 5.41) is 11.4. The first kappa shape index (κ1) is 32.1. The molecule has 0 amide bonds. The Kier molecular flexibility index (Phi) is 9.56. The van der Waals surface area contributed by atoms with E-state index in [2.05, 4.69) is 20.0 Å². The summed E-state index contributed by atoms with van der Waals surface area (Å²) in [7, 11) is 0. The van der Waals surface area contributed by atoms with Crippen LogP contribution in [0, 0.1) is 11.2 Å². The van der Waals surface area contributed by atoms with E-state index < -0.39 is 23.6 Å². The number of aromatic nitrogens is 3. The highest BCUT2D eigenvalue weighted by Gasteiger charge is 2.33. The maximum Gasteiger partial charge on any atom is 0.573 e. The molecule has 0 radical (unpaired) electrons. The topological polar surface area (TPSA) is 157 Å². The second-order valence-electron chi connectivity index (χ2n) is 11.4. The number of morpholine rings is 1. The zero-order valence-corrected chi connectivity index (χ0v) is 24.6. The minimum absolute atomic E-state index is 0.0561. The molecule has 2 aromatic heterocycles. The fourth-order valence-corrected chi connectivity index (χ4v) is 5.41. The van der Waals surface area contributed by atoms with Gasteiger partial charge in [0.05, 0.1) is 36.5 Å². The Bertz CT molecular complexity index is 1720. The minimum Gasteiger partial charge on any atom is -0.403 e. The molecule has 0 saturated carbocycles. The van der Waals surface area contributed by atoms with Crippen molar-refractivity contribution in [2.24, 2.45) is 11.5 Å². The molecule has 2 aromatic carbocycles. The number of aromatic amines is 1. The number of benzene rings is 2. The second kappa shape index (κ2) is 13.4. The average molecular weight is 630 g/mol. The van der Waals surface area contributed by atoms with E-state index in [9.17, 15) is 18.0 Å². The van der Waals surface area contributed by atoms with E-state index in [1.165, 1.54) is 22.9 Å². The van der Waals surface area contributed by atoms with Crippen molar-refractivity contribution < 1.29 is 27.0 Å². The van der Waals surface area contributed by atoms with Crippen molar-refractivity contribution in [1.82, 2.24) is 19.9 Å². The van der Waals surface area contributed by atoms with E-state index in [1.54, 1.807) is 12.1 Å². The molecule has 240 valence electrons. The van der Waals surface area contributed by atoms with Crippen LogP contribution in [0.3, 0.4) is 0 Å². The molecule has 1 saturated heterocycles. The lowest BCUT2D eigenvalue weighted by molar-refractivity contribution is -0.275. The minimum atomic E-state index is -5.08. The molecule has 0 bridgehead atoms. The zero-order chi connectivity index (χ0) is 32.3. The van der Waals surface area contributed by atoms with Crippen LogP contribution in [-0.2, 0) is 11.2 Å². The van der Waals surface area contributed by atoms with Crippen molar-refractivity contribution in [1.29, 1.82) is 5.41 Å². The molecule has 0 unspecified atom stereocenters. The number of nitrogens with zero attached hydrogens (tertiary/aromatic N) is 2. The smallest absolute Gasteiger partial charge is 0.403 e. The predicted octanol–water partition coefficient (Wildman–Crippen LogP) is 4.83. The normalized spacial score (nSPS) is 17.8. The molecule has 1 fully saturated rings. The molecule has 3 atom stereocenters. The standard InChI is InChI=1S/C31H35F4N7O3/c1-17(36)3-2-4-18-11-23(28(32)26(12-18)45-31(33,34)35)24-13-20-14-42(30(43)41-29(20)40-24)22-8-5-19(6-9-22)25-16-44-15-21(39-25)7-10-27(37)38/h5-6,8-9,11-14,17,21,25,39H,2-4,7,10,15-16,36H2,1H3,(H3,37,38)(H,40,41,43)/t17-,21+,25-/m0/s1. The summed E-state index contributed by atoms with van der Waals surface area (Å²) in [4.78, 5) is 20.0. The lowest BCUT2D eigenvalue weighted by Gasteiger charge is -2.31. The Morgan fingerprint density at radius 2 is 1.98 bits per heavy atom. The van der Waals surface area contributed by atoms with Crippen molar-refractivity contribution in [3.8, 4) is 22.7 Å². The molecule has 1 aliphatic heterocycles. The Morgan fingerprint density at radius 3 is 2.67 bits per heavy atom. The number of halogens is 4. The summed E-state index contributed by atoms with van der Waals surface area (Å²) in [5.74, 6) is -2.00. The summed E-state index contributed by atoms with van der Waals surface area (Å²) < 4.78 is 65.7. The number of hydrogen-bond donors (Lipinski definition) is 5. The summed E-state index contributed by atoms with van der Waals surface area (Å²) in [6.07, 6.45) is -0.798. The summed E-state index contributed by atoms with van der Waals surface area (Å²) in [6, 6.07) is 11.2. The van der Waals surface area contributed by atoms with Crippen LogP contribution in [0.2, 0.25) is 0 Å². The molecular formula is C31H35F4N7O3. The van der Waals surface area contributed by atoms with Gasteiger partial charge < -0.3 is 31.2 Å². The Hall–Kier alpha value is -4.27. The third kappa shape index (κ3) is 8.07. The number of H-pyrrole nitrogens is 1. The fraction of sp³-hybridized carbons (Fsp3) is 0.387. The molecule has 7 N–H and O–H groups in total. The molecule has 3 heterocycles. The van der Waals surface area contributed by atoms with Crippen molar-refractivity contribution in [3.63, 3.8) is 0 Å². The van der Waals surface area contributed by atoms with Crippen molar-refractivity contribution in [3.05, 3.63) is 76.1 Å². The number of ether oxygens (including phenoxy) is 2. The molecule has 10 nitrogen and oxygen atoms in total. The molecule has 5 rings (SSSR count). The first-order valence-electron chi connectivity index (χ1n) is 14.6. The van der Waals surface area contributed by atoms with Gasteiger partial charge in [0.25, 0.3) is 0 Å². The van der Waals surface area contributed by atoms with Crippen LogP contribution in [0.1, 0.15) is 49.8 Å². The maximum atomic E-state index is 15.4. The monoisotopic (exact) mass is 629 g/mol. The van der Waals surface area contributed by atoms with E-state index in [-0.39, 0.29) is 40.9 Å². The van der Waals surface area contributed by atoms with E-state index >= 15 is 4.39 Å². The molecular weight excluding hydrogens is 594 g/mol. The van der Waals surface area contributed by atoms with Crippen molar-refractivity contribution in [2.45, 2.75) is 63.5 Å². The number of nitrogens with two attached hydrogens (primary N) is 2. The number of hydrogen-bond acceptors (Lipinski definition) is 7. The molecule has 14 heteroatoms. The second-order valence-corrected chi connectivity index (χ2v) is 11.4. The number of amidine groups is 1. The highest BCUT2D eigenvalue weighted by Crippen LogP contribution is 2.35. The number of rotatable bonds is 11. The Morgan fingerprint density at radius 1 is 1.22 bits per heavy atom. The SMILES string of the molecule is C[C@H](N)CCCc1cc(OC(F)(F)F)c(F)c(-c2cc3cn(-c4ccc([C@@H]5COC[C@@H](CCC(=N)N)N5)cc4)c(=O)nc3[nH]2)c1. The van der Waals surface area contributed by atoms with Gasteiger partial charge >= 0.3 is 12.1 Å². The van der Waals surface area contributed by atoms with Crippen LogP contribution >= 0.6 is 0 Å². The van der Waals surface area contributed by atoms with Gasteiger partial charge in [-0.25, -0.2) is 9.18 Å². The molecule has 45 heavy (non-hydrogen) atoms. The summed E-state index contributed by atoms with van der Waals surface area (Å²) in [5.41, 5.74) is 12.8. The van der Waals surface area contributed by atoms with Crippen LogP contribution in [0.25, 0.3) is 28.0 Å². The highest BCUT2D eigenvalue weighted by atomic mass is 19.4. The summed E-state index contributed by atoms with van der Waals surface area (Å²) >= 11 is 0. The number of aryl methyl sites for hydroxylation is 1. The van der Waals surface area contributed by atoms with Gasteiger partial charge in [-0.3, -0.25) is 9.98 Å². The van der Waals surface area contributed by atoms with Gasteiger partial charge in [-0.2, -0.15) is 4.98 Å². The number of fused-ring (bicyclic) bond motifs is 1. The van der Waals surface area contributed by atoms with Gasteiger partial charge in [-0.1, -0.05) is 12.1 Å². The van der Waals surface area contributed by atoms with Crippen molar-refractivity contribution in [2.75, 3.05) is 13.2 Å². The van der Waals surface area contributed by atoms with Gasteiger partial charge in [-0.05, 0) is 74.1 Å². The van der Waals surface area contributed by atoms with Crippen LogP contribution in [0.4, 0.5) is 17.6 Å². The lowest BCUT2D eigenvalue weighted by atomic mass is 10.0.